The maximum Gasteiger partial charge on any atom is 0.461 e. The molecule has 1 heterocycles. The van der Waals surface area contributed by atoms with Gasteiger partial charge in [0.15, 0.2) is 5.75 Å². The van der Waals surface area contributed by atoms with Crippen molar-refractivity contribution in [2.75, 3.05) is 5.32 Å². The predicted molar refractivity (Wildman–Crippen MR) is 71.8 cm³/mol. The van der Waals surface area contributed by atoms with Crippen LogP contribution in [0.25, 0.3) is 0 Å². The number of amides is 1. The lowest BCUT2D eigenvalue weighted by molar-refractivity contribution is -0.293. The summed E-state index contributed by atoms with van der Waals surface area (Å²) in [6.45, 7) is 0. The number of hydrogen-bond acceptors (Lipinski definition) is 6. The fraction of sp³-hybridized carbons (Fsp3) is 0.250. The Balaban J connectivity index is 2.29. The average Bonchev–Trinajstić information content (AvgIpc) is 2.87. The zero-order chi connectivity index (χ0) is 19.0. The van der Waals surface area contributed by atoms with E-state index in [1.54, 1.807) is 0 Å². The van der Waals surface area contributed by atoms with E-state index in [9.17, 15) is 31.9 Å². The Hall–Kier alpha value is -2.96. The molecule has 0 saturated carbocycles. The third-order valence-electron chi connectivity index (χ3n) is 3.09. The highest BCUT2D eigenvalue weighted by Gasteiger charge is 2.62. The molecule has 1 aromatic carbocycles. The topological polar surface area (TPSA) is 115 Å². The van der Waals surface area contributed by atoms with Crippen molar-refractivity contribution in [1.29, 1.82) is 0 Å². The largest absolute Gasteiger partial charge is 0.507 e. The van der Waals surface area contributed by atoms with Gasteiger partial charge in [-0.2, -0.15) is 27.8 Å². The first kappa shape index (κ1) is 18.4. The van der Waals surface area contributed by atoms with Crippen molar-refractivity contribution in [1.82, 2.24) is 14.8 Å². The molecule has 0 spiro atoms. The van der Waals surface area contributed by atoms with Crippen LogP contribution in [-0.4, -0.2) is 32.0 Å². The Bertz CT molecular complexity index is 805. The number of carbonyl (C=O) groups excluding carboxylic acids is 1. The number of carbonyl (C=O) groups is 1. The summed E-state index contributed by atoms with van der Waals surface area (Å²) in [5.74, 6) is -4.34. The summed E-state index contributed by atoms with van der Waals surface area (Å²) in [5, 5.41) is 17.5. The summed E-state index contributed by atoms with van der Waals surface area (Å²) in [6.07, 6.45) is -5.88. The molecule has 0 unspecified atom stereocenters. The maximum atomic E-state index is 13.3. The van der Waals surface area contributed by atoms with Gasteiger partial charge in [-0.25, -0.2) is 0 Å². The SMILES string of the molecule is Cn1c(NC(=O)c2ccc(ON)cc2O)nnc1C(F)(F)C(F)(F)F. The minimum absolute atomic E-state index is 0.0276. The van der Waals surface area contributed by atoms with Gasteiger partial charge < -0.3 is 9.94 Å². The van der Waals surface area contributed by atoms with Crippen molar-refractivity contribution in [3.8, 4) is 11.5 Å². The fourth-order valence-corrected chi connectivity index (χ4v) is 1.78. The summed E-state index contributed by atoms with van der Waals surface area (Å²) in [6, 6.07) is 3.30. The van der Waals surface area contributed by atoms with Crippen molar-refractivity contribution in [2.45, 2.75) is 12.1 Å². The van der Waals surface area contributed by atoms with Crippen LogP contribution in [0.1, 0.15) is 16.2 Å². The quantitative estimate of drug-likeness (QED) is 0.559. The van der Waals surface area contributed by atoms with Crippen molar-refractivity contribution < 1.29 is 36.7 Å². The summed E-state index contributed by atoms with van der Waals surface area (Å²) in [7, 11) is 0.815. The third kappa shape index (κ3) is 3.31. The Kier molecular flexibility index (Phi) is 4.53. The number of anilines is 1. The van der Waals surface area contributed by atoms with Gasteiger partial charge in [0.1, 0.15) is 5.75 Å². The number of alkyl halides is 5. The second-order valence-corrected chi connectivity index (χ2v) is 4.73. The van der Waals surface area contributed by atoms with E-state index in [1.807, 2.05) is 5.32 Å². The molecule has 136 valence electrons. The van der Waals surface area contributed by atoms with Crippen molar-refractivity contribution in [2.24, 2.45) is 12.9 Å². The molecular weight excluding hydrogens is 357 g/mol. The molecule has 0 saturated heterocycles. The van der Waals surface area contributed by atoms with E-state index >= 15 is 0 Å². The van der Waals surface area contributed by atoms with E-state index in [1.165, 1.54) is 6.07 Å². The standard InChI is InChI=1S/C12H10F5N5O3/c1-22-9(11(13,14)12(15,16)17)20-21-10(22)19-8(24)6-3-2-5(25-18)4-7(6)23/h2-4,23H,18H2,1H3,(H,19,21,24). The van der Waals surface area contributed by atoms with E-state index < -0.39 is 35.5 Å². The molecule has 0 aliphatic rings. The second-order valence-electron chi connectivity index (χ2n) is 4.73. The van der Waals surface area contributed by atoms with Crippen LogP contribution in [0.2, 0.25) is 0 Å². The molecule has 13 heteroatoms. The van der Waals surface area contributed by atoms with Gasteiger partial charge in [-0.15, -0.1) is 10.2 Å². The molecule has 0 radical (unpaired) electrons. The first-order chi connectivity index (χ1) is 11.5. The molecule has 0 fully saturated rings. The minimum atomic E-state index is -5.88. The van der Waals surface area contributed by atoms with Crippen LogP contribution in [0, 0.1) is 0 Å². The molecule has 2 rings (SSSR count). The van der Waals surface area contributed by atoms with Gasteiger partial charge in [-0.3, -0.25) is 14.7 Å². The van der Waals surface area contributed by atoms with Crippen LogP contribution in [0.5, 0.6) is 11.5 Å². The molecule has 1 aromatic heterocycles. The molecule has 0 atom stereocenters. The summed E-state index contributed by atoms with van der Waals surface area (Å²) < 4.78 is 64.1. The van der Waals surface area contributed by atoms with Crippen molar-refractivity contribution in [3.05, 3.63) is 29.6 Å². The highest BCUT2D eigenvalue weighted by Crippen LogP contribution is 2.43. The van der Waals surface area contributed by atoms with Crippen LogP contribution in [0.15, 0.2) is 18.2 Å². The van der Waals surface area contributed by atoms with Crippen LogP contribution in [0.3, 0.4) is 0 Å². The summed E-state index contributed by atoms with van der Waals surface area (Å²) >= 11 is 0. The van der Waals surface area contributed by atoms with E-state index in [0.717, 1.165) is 19.2 Å². The first-order valence-corrected chi connectivity index (χ1v) is 6.34. The number of aromatic nitrogens is 3. The van der Waals surface area contributed by atoms with Gasteiger partial charge in [0.05, 0.1) is 5.56 Å². The number of rotatable bonds is 4. The predicted octanol–water partition coefficient (Wildman–Crippen LogP) is 1.68. The van der Waals surface area contributed by atoms with Gasteiger partial charge >= 0.3 is 12.1 Å². The number of aromatic hydroxyl groups is 1. The summed E-state index contributed by atoms with van der Waals surface area (Å²) in [4.78, 5) is 16.3. The molecular formula is C12H10F5N5O3. The van der Waals surface area contributed by atoms with Gasteiger partial charge in [0.25, 0.3) is 5.91 Å². The number of nitrogens with zero attached hydrogens (tertiary/aromatic N) is 3. The zero-order valence-corrected chi connectivity index (χ0v) is 12.3. The number of phenols is 1. The van der Waals surface area contributed by atoms with Crippen LogP contribution >= 0.6 is 0 Å². The number of phenolic OH excluding ortho intramolecular Hbond substituents is 1. The number of nitrogens with one attached hydrogen (secondary N) is 1. The molecule has 0 bridgehead atoms. The number of halogens is 5. The van der Waals surface area contributed by atoms with Crippen LogP contribution in [-0.2, 0) is 13.0 Å². The van der Waals surface area contributed by atoms with Crippen molar-refractivity contribution >= 4 is 11.9 Å². The van der Waals surface area contributed by atoms with Gasteiger partial charge in [0, 0.05) is 13.1 Å². The summed E-state index contributed by atoms with van der Waals surface area (Å²) in [5.41, 5.74) is -0.326. The molecule has 25 heavy (non-hydrogen) atoms. The fourth-order valence-electron chi connectivity index (χ4n) is 1.78. The number of benzene rings is 1. The van der Waals surface area contributed by atoms with Crippen LogP contribution < -0.4 is 16.1 Å². The van der Waals surface area contributed by atoms with E-state index in [-0.39, 0.29) is 15.9 Å². The molecule has 0 aliphatic carbocycles. The Morgan fingerprint density at radius 3 is 2.44 bits per heavy atom. The van der Waals surface area contributed by atoms with Crippen LogP contribution in [0.4, 0.5) is 27.9 Å². The zero-order valence-electron chi connectivity index (χ0n) is 12.3. The first-order valence-electron chi connectivity index (χ1n) is 6.34. The van der Waals surface area contributed by atoms with E-state index in [4.69, 9.17) is 5.90 Å². The monoisotopic (exact) mass is 367 g/mol. The molecule has 1 amide bonds. The number of nitrogens with two attached hydrogens (primary N) is 1. The molecule has 4 N–H and O–H groups in total. The van der Waals surface area contributed by atoms with E-state index in [2.05, 4.69) is 15.0 Å². The third-order valence-corrected chi connectivity index (χ3v) is 3.09. The highest BCUT2D eigenvalue weighted by atomic mass is 19.4. The smallest absolute Gasteiger partial charge is 0.461 e. The average molecular weight is 367 g/mol. The lowest BCUT2D eigenvalue weighted by atomic mass is 10.2. The van der Waals surface area contributed by atoms with Gasteiger partial charge in [-0.05, 0) is 12.1 Å². The van der Waals surface area contributed by atoms with Gasteiger partial charge in [-0.1, -0.05) is 0 Å². The second kappa shape index (κ2) is 6.16. The lowest BCUT2D eigenvalue weighted by Gasteiger charge is -2.18. The minimum Gasteiger partial charge on any atom is -0.507 e. The molecule has 2 aromatic rings. The normalized spacial score (nSPS) is 12.1. The highest BCUT2D eigenvalue weighted by molar-refractivity contribution is 6.05. The lowest BCUT2D eigenvalue weighted by Crippen LogP contribution is -2.36. The Morgan fingerprint density at radius 1 is 1.28 bits per heavy atom. The molecule has 8 nitrogen and oxygen atoms in total. The van der Waals surface area contributed by atoms with Gasteiger partial charge in [0.2, 0.25) is 11.8 Å². The Morgan fingerprint density at radius 2 is 1.92 bits per heavy atom. The number of hydrogen-bond donors (Lipinski definition) is 3. The Labute approximate surface area is 136 Å². The van der Waals surface area contributed by atoms with E-state index in [0.29, 0.717) is 0 Å². The maximum absolute atomic E-state index is 13.3. The van der Waals surface area contributed by atoms with Crippen molar-refractivity contribution in [3.63, 3.8) is 0 Å². The molecule has 0 aliphatic heterocycles.